The molecular formula is C10H13N7O4. The molecule has 0 fully saturated rings. The molecule has 0 heterocycles. The molecule has 0 saturated heterocycles. The summed E-state index contributed by atoms with van der Waals surface area (Å²) in [6.45, 7) is 0. The summed E-state index contributed by atoms with van der Waals surface area (Å²) in [5.41, 5.74) is 8.05. The van der Waals surface area contributed by atoms with Gasteiger partial charge < -0.3 is 10.6 Å². The molecule has 0 radical (unpaired) electrons. The molecule has 0 aliphatic heterocycles. The summed E-state index contributed by atoms with van der Waals surface area (Å²) in [5, 5.41) is 26.4. The molecule has 0 saturated carbocycles. The fraction of sp³-hybridized carbons (Fsp3) is 0.200. The largest absolute Gasteiger partial charge is 0.372 e. The van der Waals surface area contributed by atoms with Gasteiger partial charge in [-0.2, -0.15) is 5.10 Å². The van der Waals surface area contributed by atoms with Gasteiger partial charge in [0, 0.05) is 25.7 Å². The summed E-state index contributed by atoms with van der Waals surface area (Å²) in [6.07, 6.45) is 1.23. The van der Waals surface area contributed by atoms with Crippen molar-refractivity contribution < 1.29 is 9.96 Å². The second kappa shape index (κ2) is 6.79. The summed E-state index contributed by atoms with van der Waals surface area (Å²) in [7, 11) is 3.37. The summed E-state index contributed by atoms with van der Waals surface area (Å²) >= 11 is 0. The third-order valence-electron chi connectivity index (χ3n) is 2.26. The van der Waals surface area contributed by atoms with Crippen LogP contribution in [0.15, 0.2) is 28.4 Å². The maximum atomic E-state index is 11.0. The molecular weight excluding hydrogens is 282 g/mol. The van der Waals surface area contributed by atoms with Gasteiger partial charge in [-0.1, -0.05) is 6.07 Å². The first-order valence-electron chi connectivity index (χ1n) is 5.54. The summed E-state index contributed by atoms with van der Waals surface area (Å²) < 4.78 is 0. The number of nitro benzene ring substituents is 1. The van der Waals surface area contributed by atoms with Crippen molar-refractivity contribution in [3.05, 3.63) is 44.0 Å². The molecule has 0 unspecified atom stereocenters. The number of nitrogens with one attached hydrogen (secondary N) is 1. The number of rotatable bonds is 5. The molecule has 0 spiro atoms. The van der Waals surface area contributed by atoms with Crippen LogP contribution < -0.4 is 16.1 Å². The van der Waals surface area contributed by atoms with Crippen LogP contribution in [0.1, 0.15) is 5.56 Å². The Morgan fingerprint density at radius 1 is 1.38 bits per heavy atom. The molecule has 112 valence electrons. The molecule has 0 bridgehead atoms. The number of benzene rings is 1. The minimum Gasteiger partial charge on any atom is -0.372 e. The van der Waals surface area contributed by atoms with Gasteiger partial charge in [0.1, 0.15) is 10.8 Å². The van der Waals surface area contributed by atoms with E-state index in [1.807, 2.05) is 0 Å². The van der Waals surface area contributed by atoms with Crippen LogP contribution in [-0.4, -0.2) is 36.2 Å². The number of nitro groups is 2. The van der Waals surface area contributed by atoms with Gasteiger partial charge in [-0.3, -0.25) is 10.1 Å². The van der Waals surface area contributed by atoms with Crippen molar-refractivity contribution in [1.29, 1.82) is 0 Å². The summed E-state index contributed by atoms with van der Waals surface area (Å²) in [4.78, 5) is 22.1. The smallest absolute Gasteiger partial charge is 0.293 e. The Kier molecular flexibility index (Phi) is 5.11. The van der Waals surface area contributed by atoms with Crippen molar-refractivity contribution in [2.45, 2.75) is 0 Å². The highest BCUT2D eigenvalue weighted by molar-refractivity contribution is 5.85. The van der Waals surface area contributed by atoms with E-state index in [4.69, 9.17) is 5.73 Å². The van der Waals surface area contributed by atoms with Crippen molar-refractivity contribution in [2.75, 3.05) is 19.0 Å². The molecule has 11 nitrogen and oxygen atoms in total. The van der Waals surface area contributed by atoms with Crippen LogP contribution in [0, 0.1) is 20.2 Å². The third-order valence-corrected chi connectivity index (χ3v) is 2.26. The average molecular weight is 295 g/mol. The first-order chi connectivity index (χ1) is 9.81. The lowest BCUT2D eigenvalue weighted by molar-refractivity contribution is -0.485. The van der Waals surface area contributed by atoms with E-state index in [9.17, 15) is 20.2 Å². The number of hydrogen-bond donors (Lipinski definition) is 2. The van der Waals surface area contributed by atoms with E-state index in [2.05, 4.69) is 15.6 Å². The normalized spacial score (nSPS) is 11.4. The quantitative estimate of drug-likeness (QED) is 0.338. The highest BCUT2D eigenvalue weighted by atomic mass is 16.7. The van der Waals surface area contributed by atoms with E-state index >= 15 is 0 Å². The Balaban J connectivity index is 2.93. The number of hydrogen-bond acceptors (Lipinski definition) is 6. The average Bonchev–Trinajstić information content (AvgIpc) is 2.37. The van der Waals surface area contributed by atoms with Crippen LogP contribution in [0.25, 0.3) is 0 Å². The highest BCUT2D eigenvalue weighted by Crippen LogP contribution is 2.26. The molecule has 0 aliphatic rings. The van der Waals surface area contributed by atoms with Gasteiger partial charge in [0.2, 0.25) is 0 Å². The first kappa shape index (κ1) is 15.8. The van der Waals surface area contributed by atoms with Gasteiger partial charge in [0.15, 0.2) is 5.03 Å². The maximum Gasteiger partial charge on any atom is 0.293 e. The number of nitrogens with zero attached hydrogens (tertiary/aromatic N) is 5. The van der Waals surface area contributed by atoms with Crippen molar-refractivity contribution in [3.8, 4) is 0 Å². The van der Waals surface area contributed by atoms with Crippen molar-refractivity contribution >= 4 is 23.5 Å². The highest BCUT2D eigenvalue weighted by Gasteiger charge is 2.15. The van der Waals surface area contributed by atoms with Crippen LogP contribution in [0.4, 0.5) is 11.4 Å². The number of anilines is 1. The van der Waals surface area contributed by atoms with E-state index in [0.717, 1.165) is 0 Å². The standard InChI is InChI=1S/C10H13N7O4/c1-15(2)8-4-3-7(5-9(8)16(18)19)6-12-13-10(11)14-17(20)21/h3-6H,1-2H3,(H3,11,13,14)/b12-6+. The lowest BCUT2D eigenvalue weighted by Gasteiger charge is -2.12. The fourth-order valence-electron chi connectivity index (χ4n) is 1.43. The van der Waals surface area contributed by atoms with Crippen LogP contribution >= 0.6 is 0 Å². The second-order valence-corrected chi connectivity index (χ2v) is 3.99. The molecule has 11 heteroatoms. The molecule has 0 aromatic heterocycles. The topological polar surface area (TPSA) is 152 Å². The second-order valence-electron chi connectivity index (χ2n) is 3.99. The predicted octanol–water partition coefficient (Wildman–Crippen LogP) is 0.0907. The van der Waals surface area contributed by atoms with Crippen molar-refractivity contribution in [3.63, 3.8) is 0 Å². The van der Waals surface area contributed by atoms with E-state index in [-0.39, 0.29) is 5.69 Å². The monoisotopic (exact) mass is 295 g/mol. The Morgan fingerprint density at radius 2 is 2.05 bits per heavy atom. The van der Waals surface area contributed by atoms with Crippen LogP contribution in [-0.2, 0) is 0 Å². The summed E-state index contributed by atoms with van der Waals surface area (Å²) in [6, 6.07) is 4.49. The zero-order valence-corrected chi connectivity index (χ0v) is 11.3. The van der Waals surface area contributed by atoms with Gasteiger partial charge >= 0.3 is 0 Å². The van der Waals surface area contributed by atoms with Gasteiger partial charge in [-0.15, -0.1) is 0 Å². The first-order valence-corrected chi connectivity index (χ1v) is 5.54. The maximum absolute atomic E-state index is 11.0. The molecule has 3 N–H and O–H groups in total. The molecule has 0 aliphatic carbocycles. The van der Waals surface area contributed by atoms with Gasteiger partial charge in [0.05, 0.1) is 11.1 Å². The van der Waals surface area contributed by atoms with E-state index in [1.54, 1.807) is 31.1 Å². The molecule has 1 aromatic carbocycles. The van der Waals surface area contributed by atoms with Crippen molar-refractivity contribution in [2.24, 2.45) is 15.9 Å². The van der Waals surface area contributed by atoms with Crippen LogP contribution in [0.5, 0.6) is 0 Å². The van der Waals surface area contributed by atoms with E-state index in [0.29, 0.717) is 11.3 Å². The molecule has 0 amide bonds. The van der Waals surface area contributed by atoms with Gasteiger partial charge in [-0.25, -0.2) is 15.5 Å². The number of hydrazone groups is 2. The fourth-order valence-corrected chi connectivity index (χ4v) is 1.43. The molecule has 1 rings (SSSR count). The zero-order valence-electron chi connectivity index (χ0n) is 11.3. The zero-order chi connectivity index (χ0) is 16.0. The Morgan fingerprint density at radius 3 is 2.57 bits per heavy atom. The van der Waals surface area contributed by atoms with Crippen LogP contribution in [0.3, 0.4) is 0 Å². The molecule has 0 atom stereocenters. The lowest BCUT2D eigenvalue weighted by atomic mass is 10.2. The van der Waals surface area contributed by atoms with Crippen molar-refractivity contribution in [1.82, 2.24) is 5.43 Å². The Labute approximate surface area is 119 Å². The van der Waals surface area contributed by atoms with Gasteiger partial charge in [0.25, 0.3) is 11.6 Å². The molecule has 21 heavy (non-hydrogen) atoms. The predicted molar refractivity (Wildman–Crippen MR) is 76.8 cm³/mol. The number of guanidine groups is 1. The van der Waals surface area contributed by atoms with E-state index in [1.165, 1.54) is 12.3 Å². The lowest BCUT2D eigenvalue weighted by Crippen LogP contribution is -2.28. The minimum absolute atomic E-state index is 0.0871. The third kappa shape index (κ3) is 4.74. The SMILES string of the molecule is CN(C)c1ccc(/C=N/N/C(N)=N\[N+](=O)[O-])cc1[N+](=O)[O-]. The molecule has 1 aromatic rings. The Hall–Kier alpha value is -3.24. The minimum atomic E-state index is -0.978. The number of nitrogens with two attached hydrogens (primary N) is 1. The van der Waals surface area contributed by atoms with E-state index < -0.39 is 15.9 Å². The van der Waals surface area contributed by atoms with Crippen LogP contribution in [0.2, 0.25) is 0 Å². The summed E-state index contributed by atoms with van der Waals surface area (Å²) in [5.74, 6) is -0.504. The van der Waals surface area contributed by atoms with Gasteiger partial charge in [-0.05, 0) is 6.07 Å². The Bertz CT molecular complexity index is 611.